The molecule has 3 aromatic rings. The van der Waals surface area contributed by atoms with Gasteiger partial charge in [-0.05, 0) is 95.4 Å². The van der Waals surface area contributed by atoms with E-state index in [4.69, 9.17) is 9.47 Å². The van der Waals surface area contributed by atoms with Crippen LogP contribution in [-0.4, -0.2) is 12.5 Å². The van der Waals surface area contributed by atoms with Crippen LogP contribution in [0.4, 0.5) is 10.1 Å². The van der Waals surface area contributed by atoms with Gasteiger partial charge in [0.05, 0.1) is 11.1 Å². The molecule has 0 bridgehead atoms. The van der Waals surface area contributed by atoms with Gasteiger partial charge in [-0.25, -0.2) is 4.39 Å². The highest BCUT2D eigenvalue weighted by molar-refractivity contribution is 9.10. The molecule has 1 N–H and O–H groups in total. The average Bonchev–Trinajstić information content (AvgIpc) is 2.79. The van der Waals surface area contributed by atoms with Gasteiger partial charge in [0, 0.05) is 5.69 Å². The van der Waals surface area contributed by atoms with Crippen molar-refractivity contribution in [2.24, 2.45) is 0 Å². The lowest BCUT2D eigenvalue weighted by atomic mass is 10.1. The lowest BCUT2D eigenvalue weighted by Crippen LogP contribution is -2.14. The molecule has 3 rings (SSSR count). The van der Waals surface area contributed by atoms with Crippen molar-refractivity contribution in [1.29, 1.82) is 5.26 Å². The van der Waals surface area contributed by atoms with E-state index in [0.717, 1.165) is 11.1 Å². The summed E-state index contributed by atoms with van der Waals surface area (Å²) in [5.74, 6) is 0.0407. The molecule has 0 saturated heterocycles. The third-order valence-corrected chi connectivity index (χ3v) is 5.51. The average molecular weight is 523 g/mol. The Morgan fingerprint density at radius 3 is 2.65 bits per heavy atom. The van der Waals surface area contributed by atoms with Crippen molar-refractivity contribution in [3.63, 3.8) is 0 Å². The van der Waals surface area contributed by atoms with Crippen LogP contribution >= 0.6 is 15.9 Å². The van der Waals surface area contributed by atoms with Crippen LogP contribution in [0.5, 0.6) is 11.5 Å². The lowest BCUT2D eigenvalue weighted by molar-refractivity contribution is -0.112. The van der Waals surface area contributed by atoms with E-state index in [1.54, 1.807) is 24.3 Å². The highest BCUT2D eigenvalue weighted by atomic mass is 79.9. The maximum absolute atomic E-state index is 13.5. The molecule has 174 valence electrons. The summed E-state index contributed by atoms with van der Waals surface area (Å²) in [6.07, 6.45) is 1.49. The van der Waals surface area contributed by atoms with Gasteiger partial charge in [0.15, 0.2) is 11.5 Å². The van der Waals surface area contributed by atoms with E-state index < -0.39 is 5.91 Å². The Bertz CT molecular complexity index is 1280. The fourth-order valence-corrected chi connectivity index (χ4v) is 3.81. The van der Waals surface area contributed by atoms with Gasteiger partial charge in [-0.15, -0.1) is 0 Å². The van der Waals surface area contributed by atoms with Crippen molar-refractivity contribution < 1.29 is 18.7 Å². The normalized spacial score (nSPS) is 11.0. The summed E-state index contributed by atoms with van der Waals surface area (Å²) in [6, 6.07) is 17.3. The molecule has 0 aliphatic rings. The van der Waals surface area contributed by atoms with Gasteiger partial charge in [-0.2, -0.15) is 5.26 Å². The fraction of sp³-hybridized carbons (Fsp3) is 0.185. The van der Waals surface area contributed by atoms with E-state index in [1.165, 1.54) is 18.2 Å². The van der Waals surface area contributed by atoms with E-state index in [9.17, 15) is 14.4 Å². The van der Waals surface area contributed by atoms with Crippen molar-refractivity contribution in [3.8, 4) is 17.6 Å². The van der Waals surface area contributed by atoms with Crippen LogP contribution in [-0.2, 0) is 11.4 Å². The van der Waals surface area contributed by atoms with Gasteiger partial charge in [0.25, 0.3) is 5.91 Å². The fourth-order valence-electron chi connectivity index (χ4n) is 3.23. The molecule has 7 heteroatoms. The number of ether oxygens (including phenoxy) is 2. The summed E-state index contributed by atoms with van der Waals surface area (Å²) in [7, 11) is 0. The van der Waals surface area contributed by atoms with Gasteiger partial charge in [-0.1, -0.05) is 24.3 Å². The molecule has 5 nitrogen and oxygen atoms in total. The van der Waals surface area contributed by atoms with E-state index in [2.05, 4.69) is 21.2 Å². The molecule has 0 spiro atoms. The maximum atomic E-state index is 13.5. The molecule has 0 aromatic heterocycles. The van der Waals surface area contributed by atoms with Crippen LogP contribution in [0.1, 0.15) is 29.2 Å². The number of hydrogen-bond donors (Lipinski definition) is 1. The number of carbonyl (C=O) groups excluding carboxylic acids is 1. The van der Waals surface area contributed by atoms with Crippen molar-refractivity contribution in [3.05, 3.63) is 92.7 Å². The Kier molecular flexibility index (Phi) is 8.44. The zero-order valence-electron chi connectivity index (χ0n) is 19.1. The van der Waals surface area contributed by atoms with Gasteiger partial charge < -0.3 is 14.8 Å². The van der Waals surface area contributed by atoms with Gasteiger partial charge >= 0.3 is 0 Å². The Morgan fingerprint density at radius 2 is 1.94 bits per heavy atom. The largest absolute Gasteiger partial charge is 0.490 e. The van der Waals surface area contributed by atoms with Crippen molar-refractivity contribution >= 4 is 33.6 Å². The predicted octanol–water partition coefficient (Wildman–Crippen LogP) is 6.73. The number of rotatable bonds is 8. The van der Waals surface area contributed by atoms with Crippen LogP contribution < -0.4 is 14.8 Å². The van der Waals surface area contributed by atoms with Crippen molar-refractivity contribution in [1.82, 2.24) is 0 Å². The molecule has 0 saturated carbocycles. The number of anilines is 1. The Balaban J connectivity index is 1.86. The molecule has 1 amide bonds. The third-order valence-electron chi connectivity index (χ3n) is 4.92. The second-order valence-electron chi connectivity index (χ2n) is 7.62. The maximum Gasteiger partial charge on any atom is 0.266 e. The summed E-state index contributed by atoms with van der Waals surface area (Å²) in [5.41, 5.74) is 3.77. The van der Waals surface area contributed by atoms with E-state index >= 15 is 0 Å². The van der Waals surface area contributed by atoms with Gasteiger partial charge in [0.1, 0.15) is 24.1 Å². The first kappa shape index (κ1) is 25.0. The van der Waals surface area contributed by atoms with Crippen molar-refractivity contribution in [2.45, 2.75) is 27.4 Å². The number of aryl methyl sites for hydroxylation is 2. The minimum Gasteiger partial charge on any atom is -0.490 e. The van der Waals surface area contributed by atoms with Crippen molar-refractivity contribution in [2.75, 3.05) is 11.9 Å². The molecule has 0 radical (unpaired) electrons. The number of benzene rings is 3. The highest BCUT2D eigenvalue weighted by Gasteiger charge is 2.15. The second-order valence-corrected chi connectivity index (χ2v) is 8.48. The number of nitrogens with zero attached hydrogens (tertiary/aromatic N) is 1. The Labute approximate surface area is 207 Å². The lowest BCUT2D eigenvalue weighted by Gasteiger charge is -2.15. The monoisotopic (exact) mass is 522 g/mol. The molecule has 0 unspecified atom stereocenters. The first-order chi connectivity index (χ1) is 16.3. The number of halogens is 2. The summed E-state index contributed by atoms with van der Waals surface area (Å²) < 4.78 is 25.7. The van der Waals surface area contributed by atoms with Crippen LogP contribution in [0.2, 0.25) is 0 Å². The quantitative estimate of drug-likeness (QED) is 0.263. The SMILES string of the molecule is CCOc1cc(/C=C(\C#N)C(=O)Nc2cc(C)ccc2C)cc(Br)c1OCc1cccc(F)c1. The standard InChI is InChI=1S/C27H24BrFN2O3/c1-4-33-25-14-20(13-23(28)26(25)34-16-19-6-5-7-22(29)12-19)11-21(15-30)27(32)31-24-10-17(2)8-9-18(24)3/h5-14H,4,16H2,1-3H3,(H,31,32)/b21-11+. The predicted molar refractivity (Wildman–Crippen MR) is 134 cm³/mol. The van der Waals surface area contributed by atoms with E-state index in [-0.39, 0.29) is 18.0 Å². The van der Waals surface area contributed by atoms with Crippen LogP contribution in [0.15, 0.2) is 64.6 Å². The zero-order valence-corrected chi connectivity index (χ0v) is 20.7. The topological polar surface area (TPSA) is 71.3 Å². The summed E-state index contributed by atoms with van der Waals surface area (Å²) in [6.45, 7) is 6.19. The molecule has 0 heterocycles. The summed E-state index contributed by atoms with van der Waals surface area (Å²) in [4.78, 5) is 12.8. The molecule has 0 fully saturated rings. The van der Waals surface area contributed by atoms with E-state index in [1.807, 2.05) is 45.0 Å². The third kappa shape index (κ3) is 6.46. The van der Waals surface area contributed by atoms with Crippen LogP contribution in [0.3, 0.4) is 0 Å². The number of nitriles is 1. The molecule has 3 aromatic carbocycles. The number of amides is 1. The number of carbonyl (C=O) groups is 1. The Hall–Kier alpha value is -3.63. The minimum atomic E-state index is -0.503. The summed E-state index contributed by atoms with van der Waals surface area (Å²) >= 11 is 3.48. The smallest absolute Gasteiger partial charge is 0.266 e. The zero-order chi connectivity index (χ0) is 24.7. The minimum absolute atomic E-state index is 0.0521. The number of nitrogens with one attached hydrogen (secondary N) is 1. The summed E-state index contributed by atoms with van der Waals surface area (Å²) in [5, 5.41) is 12.4. The van der Waals surface area contributed by atoms with Gasteiger partial charge in [0.2, 0.25) is 0 Å². The number of hydrogen-bond acceptors (Lipinski definition) is 4. The Morgan fingerprint density at radius 1 is 1.15 bits per heavy atom. The molecule has 0 atom stereocenters. The molecular formula is C27H24BrFN2O3. The highest BCUT2D eigenvalue weighted by Crippen LogP contribution is 2.38. The van der Waals surface area contributed by atoms with Crippen LogP contribution in [0.25, 0.3) is 6.08 Å². The van der Waals surface area contributed by atoms with E-state index in [0.29, 0.717) is 39.4 Å². The molecular weight excluding hydrogens is 499 g/mol. The first-order valence-electron chi connectivity index (χ1n) is 10.6. The molecule has 34 heavy (non-hydrogen) atoms. The molecule has 0 aliphatic carbocycles. The van der Waals surface area contributed by atoms with Crippen LogP contribution in [0, 0.1) is 31.0 Å². The molecule has 0 aliphatic heterocycles. The second kappa shape index (κ2) is 11.5. The van der Waals surface area contributed by atoms with Gasteiger partial charge in [-0.3, -0.25) is 4.79 Å². The first-order valence-corrected chi connectivity index (χ1v) is 11.4.